The van der Waals surface area contributed by atoms with Gasteiger partial charge in [-0.1, -0.05) is 13.0 Å². The van der Waals surface area contributed by atoms with E-state index in [2.05, 4.69) is 23.8 Å². The van der Waals surface area contributed by atoms with Crippen molar-refractivity contribution in [3.05, 3.63) is 29.2 Å². The van der Waals surface area contributed by atoms with Crippen LogP contribution in [0.3, 0.4) is 0 Å². The smallest absolute Gasteiger partial charge is 0.0794 e. The average Bonchev–Trinajstić information content (AvgIpc) is 2.58. The monoisotopic (exact) mass is 196 g/mol. The Morgan fingerprint density at radius 1 is 1.77 bits per heavy atom. The zero-order chi connectivity index (χ0) is 9.52. The van der Waals surface area contributed by atoms with Crippen LogP contribution in [0.4, 0.5) is 0 Å². The van der Waals surface area contributed by atoms with Crippen LogP contribution in [0, 0.1) is 0 Å². The number of likely N-dealkylation sites (N-methyl/N-ethyl adjacent to an activating group) is 1. The minimum absolute atomic E-state index is 0.517. The lowest BCUT2D eigenvalue weighted by molar-refractivity contribution is 0.532. The topological polar surface area (TPSA) is 24.9 Å². The number of nitrogens with zero attached hydrogens (tertiary/aromatic N) is 1. The van der Waals surface area contributed by atoms with E-state index < -0.39 is 0 Å². The van der Waals surface area contributed by atoms with E-state index in [1.807, 2.05) is 17.8 Å². The van der Waals surface area contributed by atoms with Gasteiger partial charge in [0.2, 0.25) is 0 Å². The van der Waals surface area contributed by atoms with Gasteiger partial charge in [0.15, 0.2) is 0 Å². The molecule has 2 nitrogen and oxygen atoms in total. The van der Waals surface area contributed by atoms with Gasteiger partial charge in [-0.15, -0.1) is 17.9 Å². The van der Waals surface area contributed by atoms with E-state index >= 15 is 0 Å². The summed E-state index contributed by atoms with van der Waals surface area (Å²) in [5.74, 6) is 0. The lowest BCUT2D eigenvalue weighted by Crippen LogP contribution is -2.30. The molecule has 1 aromatic heterocycles. The third-order valence-electron chi connectivity index (χ3n) is 1.88. The van der Waals surface area contributed by atoms with E-state index in [0.717, 1.165) is 19.4 Å². The average molecular weight is 196 g/mol. The Morgan fingerprint density at radius 3 is 3.15 bits per heavy atom. The summed E-state index contributed by atoms with van der Waals surface area (Å²) in [4.78, 5) is 5.40. The van der Waals surface area contributed by atoms with E-state index in [1.54, 1.807) is 11.3 Å². The molecule has 0 aliphatic heterocycles. The number of aromatic nitrogens is 1. The summed E-state index contributed by atoms with van der Waals surface area (Å²) in [6, 6.07) is 0.517. The van der Waals surface area contributed by atoms with Gasteiger partial charge < -0.3 is 5.32 Å². The summed E-state index contributed by atoms with van der Waals surface area (Å²) in [5, 5.41) is 3.43. The molecule has 13 heavy (non-hydrogen) atoms. The van der Waals surface area contributed by atoms with E-state index in [4.69, 9.17) is 0 Å². The van der Waals surface area contributed by atoms with Crippen LogP contribution in [0.5, 0.6) is 0 Å². The number of thiazole rings is 1. The molecule has 0 aliphatic carbocycles. The van der Waals surface area contributed by atoms with Crippen LogP contribution in [-0.2, 0) is 6.42 Å². The van der Waals surface area contributed by atoms with Gasteiger partial charge in [0.25, 0.3) is 0 Å². The quantitative estimate of drug-likeness (QED) is 0.706. The molecular weight excluding hydrogens is 180 g/mol. The molecule has 0 fully saturated rings. The fourth-order valence-electron chi connectivity index (χ4n) is 1.31. The van der Waals surface area contributed by atoms with Gasteiger partial charge in [0.1, 0.15) is 0 Å². The van der Waals surface area contributed by atoms with Crippen molar-refractivity contribution in [1.29, 1.82) is 0 Å². The Kier molecular flexibility index (Phi) is 4.72. The molecule has 0 saturated carbocycles. The Balaban J connectivity index is 2.42. The first-order valence-corrected chi connectivity index (χ1v) is 5.46. The van der Waals surface area contributed by atoms with Crippen molar-refractivity contribution in [2.45, 2.75) is 25.8 Å². The van der Waals surface area contributed by atoms with Crippen molar-refractivity contribution < 1.29 is 0 Å². The molecule has 0 spiro atoms. The number of nitrogens with one attached hydrogen (secondary N) is 1. The molecule has 1 heterocycles. The Hall–Kier alpha value is -0.670. The van der Waals surface area contributed by atoms with Crippen LogP contribution in [0.25, 0.3) is 0 Å². The highest BCUT2D eigenvalue weighted by Crippen LogP contribution is 2.10. The summed E-state index contributed by atoms with van der Waals surface area (Å²) in [5.41, 5.74) is 1.88. The first-order valence-electron chi connectivity index (χ1n) is 4.58. The Labute approximate surface area is 83.7 Å². The van der Waals surface area contributed by atoms with Crippen LogP contribution in [0.2, 0.25) is 0 Å². The highest BCUT2D eigenvalue weighted by atomic mass is 32.1. The third kappa shape index (κ3) is 3.70. The second-order valence-corrected chi connectivity index (χ2v) is 3.92. The third-order valence-corrected chi connectivity index (χ3v) is 2.68. The van der Waals surface area contributed by atoms with Gasteiger partial charge in [-0.25, -0.2) is 0 Å². The highest BCUT2D eigenvalue weighted by molar-refractivity contribution is 7.09. The predicted molar refractivity (Wildman–Crippen MR) is 58.1 cm³/mol. The molecule has 0 bridgehead atoms. The molecule has 1 unspecified atom stereocenters. The molecule has 3 heteroatoms. The standard InChI is InChI=1S/C10H16N2S/c1-3-5-9(12-4-2)6-10-7-11-8-13-10/h3,7-9,12H,1,4-6H2,2H3. The van der Waals surface area contributed by atoms with Gasteiger partial charge in [0.05, 0.1) is 5.51 Å². The normalized spacial score (nSPS) is 12.7. The van der Waals surface area contributed by atoms with Crippen LogP contribution in [0.15, 0.2) is 24.4 Å². The van der Waals surface area contributed by atoms with Gasteiger partial charge in [-0.3, -0.25) is 4.98 Å². The fraction of sp³-hybridized carbons (Fsp3) is 0.500. The largest absolute Gasteiger partial charge is 0.314 e. The first-order chi connectivity index (χ1) is 6.36. The second-order valence-electron chi connectivity index (χ2n) is 2.95. The Bertz CT molecular complexity index is 231. The summed E-state index contributed by atoms with van der Waals surface area (Å²) in [6.07, 6.45) is 5.99. The molecule has 1 aromatic rings. The van der Waals surface area contributed by atoms with Gasteiger partial charge in [0, 0.05) is 17.1 Å². The van der Waals surface area contributed by atoms with Crippen LogP contribution in [-0.4, -0.2) is 17.6 Å². The zero-order valence-corrected chi connectivity index (χ0v) is 8.81. The minimum atomic E-state index is 0.517. The van der Waals surface area contributed by atoms with Crippen molar-refractivity contribution >= 4 is 11.3 Å². The molecular formula is C10H16N2S. The van der Waals surface area contributed by atoms with E-state index in [1.165, 1.54) is 4.88 Å². The first kappa shape index (κ1) is 10.4. The van der Waals surface area contributed by atoms with E-state index in [9.17, 15) is 0 Å². The molecule has 72 valence electrons. The molecule has 1 N–H and O–H groups in total. The lowest BCUT2D eigenvalue weighted by Gasteiger charge is -2.14. The van der Waals surface area contributed by atoms with Gasteiger partial charge >= 0.3 is 0 Å². The zero-order valence-electron chi connectivity index (χ0n) is 7.99. The maximum absolute atomic E-state index is 4.06. The summed E-state index contributed by atoms with van der Waals surface area (Å²) >= 11 is 1.72. The summed E-state index contributed by atoms with van der Waals surface area (Å²) in [7, 11) is 0. The summed E-state index contributed by atoms with van der Waals surface area (Å²) < 4.78 is 0. The lowest BCUT2D eigenvalue weighted by atomic mass is 10.1. The number of hydrogen-bond donors (Lipinski definition) is 1. The van der Waals surface area contributed by atoms with Gasteiger partial charge in [-0.05, 0) is 19.4 Å². The van der Waals surface area contributed by atoms with Crippen molar-refractivity contribution in [3.63, 3.8) is 0 Å². The molecule has 0 aliphatic rings. The molecule has 0 radical (unpaired) electrons. The van der Waals surface area contributed by atoms with E-state index in [0.29, 0.717) is 6.04 Å². The fourth-order valence-corrected chi connectivity index (χ4v) is 1.99. The maximum atomic E-state index is 4.06. The maximum Gasteiger partial charge on any atom is 0.0794 e. The molecule has 0 aromatic carbocycles. The molecule has 0 saturated heterocycles. The number of hydrogen-bond acceptors (Lipinski definition) is 3. The van der Waals surface area contributed by atoms with Crippen molar-refractivity contribution in [2.75, 3.05) is 6.54 Å². The molecule has 0 amide bonds. The van der Waals surface area contributed by atoms with Crippen molar-refractivity contribution in [2.24, 2.45) is 0 Å². The Morgan fingerprint density at radius 2 is 2.62 bits per heavy atom. The second kappa shape index (κ2) is 5.89. The highest BCUT2D eigenvalue weighted by Gasteiger charge is 2.06. The molecule has 1 rings (SSSR count). The van der Waals surface area contributed by atoms with Crippen LogP contribution in [0.1, 0.15) is 18.2 Å². The minimum Gasteiger partial charge on any atom is -0.314 e. The number of rotatable bonds is 6. The van der Waals surface area contributed by atoms with Crippen LogP contribution >= 0.6 is 11.3 Å². The van der Waals surface area contributed by atoms with Crippen LogP contribution < -0.4 is 5.32 Å². The van der Waals surface area contributed by atoms with Gasteiger partial charge in [-0.2, -0.15) is 0 Å². The van der Waals surface area contributed by atoms with E-state index in [-0.39, 0.29) is 0 Å². The van der Waals surface area contributed by atoms with Crippen molar-refractivity contribution in [3.8, 4) is 0 Å². The summed E-state index contributed by atoms with van der Waals surface area (Å²) in [6.45, 7) is 6.90. The van der Waals surface area contributed by atoms with Crippen molar-refractivity contribution in [1.82, 2.24) is 10.3 Å². The molecule has 1 atom stereocenters. The predicted octanol–water partition coefficient (Wildman–Crippen LogP) is 2.24. The SMILES string of the molecule is C=CCC(Cc1cncs1)NCC.